The molecule has 0 radical (unpaired) electrons. The highest BCUT2D eigenvalue weighted by Crippen LogP contribution is 2.41. The number of nitrogens with zero attached hydrogens (tertiary/aromatic N) is 1. The molecule has 84 valence electrons. The topological polar surface area (TPSA) is 41.1 Å². The van der Waals surface area contributed by atoms with Crippen molar-refractivity contribution in [2.75, 3.05) is 20.1 Å². The monoisotopic (exact) mass is 199 g/mol. The summed E-state index contributed by atoms with van der Waals surface area (Å²) >= 11 is 0. The van der Waals surface area contributed by atoms with Crippen molar-refractivity contribution in [3.8, 4) is 0 Å². The second kappa shape index (κ2) is 5.10. The lowest BCUT2D eigenvalue weighted by atomic mass is 9.93. The van der Waals surface area contributed by atoms with Gasteiger partial charge in [-0.2, -0.15) is 0 Å². The van der Waals surface area contributed by atoms with Gasteiger partial charge in [-0.05, 0) is 26.4 Å². The zero-order valence-electron chi connectivity index (χ0n) is 8.50. The maximum atomic E-state index is 5.46. The molecule has 2 heterocycles. The van der Waals surface area contributed by atoms with Crippen LogP contribution in [0.4, 0.5) is 0 Å². The van der Waals surface area contributed by atoms with Gasteiger partial charge in [0, 0.05) is 24.7 Å². The Balaban J connectivity index is 0.000000980. The molecule has 0 aromatic rings. The van der Waals surface area contributed by atoms with Gasteiger partial charge in [-0.25, -0.2) is 0 Å². The second-order valence-electron chi connectivity index (χ2n) is 4.28. The highest BCUT2D eigenvalue weighted by atomic mass is 15.4. The van der Waals surface area contributed by atoms with Crippen LogP contribution in [0.25, 0.3) is 0 Å². The molecule has 2 fully saturated rings. The van der Waals surface area contributed by atoms with E-state index >= 15 is 0 Å². The zero-order chi connectivity index (χ0) is 9.26. The normalized spacial score (nSPS) is 38.1. The minimum Gasteiger partial charge on any atom is -0.330 e. The molecule has 4 unspecified atom stereocenters. The van der Waals surface area contributed by atoms with Crippen LogP contribution in [0.5, 0.6) is 0 Å². The Morgan fingerprint density at radius 2 is 2.14 bits per heavy atom. The second-order valence-corrected chi connectivity index (χ2v) is 4.28. The number of fused-ring (bicyclic) bond motifs is 1. The first-order chi connectivity index (χ1) is 6.38. The quantitative estimate of drug-likeness (QED) is 0.491. The number of unbranched alkanes of at least 4 members (excludes halogenated alkanes) is 2. The lowest BCUT2D eigenvalue weighted by Crippen LogP contribution is -2.56. The van der Waals surface area contributed by atoms with Gasteiger partial charge in [-0.1, -0.05) is 20.3 Å². The van der Waals surface area contributed by atoms with E-state index in [0.717, 1.165) is 24.7 Å². The third-order valence-corrected chi connectivity index (χ3v) is 3.48. The molecule has 0 amide bonds. The summed E-state index contributed by atoms with van der Waals surface area (Å²) in [5, 5.41) is 3.42. The van der Waals surface area contributed by atoms with Crippen molar-refractivity contribution in [1.82, 2.24) is 10.2 Å². The minimum atomic E-state index is 0. The Morgan fingerprint density at radius 1 is 1.36 bits per heavy atom. The molecule has 2 rings (SSSR count). The first kappa shape index (κ1) is 12.0. The fourth-order valence-corrected chi connectivity index (χ4v) is 2.64. The van der Waals surface area contributed by atoms with Crippen LogP contribution in [0.3, 0.4) is 0 Å². The standard InChI is InChI=1S/C10H21N3.CH4/c1-12-10-8(13-7-9(10)13)5-3-2-4-6-11;/h8-10,12H,2-7,11H2,1H3;1H4. The SMILES string of the molecule is C.CNC1C(CCCCCN)N2CC12. The molecule has 0 aromatic heterocycles. The van der Waals surface area contributed by atoms with Crippen molar-refractivity contribution < 1.29 is 0 Å². The van der Waals surface area contributed by atoms with Crippen molar-refractivity contribution in [3.05, 3.63) is 0 Å². The smallest absolute Gasteiger partial charge is 0.0396 e. The predicted molar refractivity (Wildman–Crippen MR) is 61.4 cm³/mol. The summed E-state index contributed by atoms with van der Waals surface area (Å²) in [7, 11) is 2.09. The average molecular weight is 199 g/mol. The first-order valence-electron chi connectivity index (χ1n) is 5.51. The Bertz CT molecular complexity index is 172. The van der Waals surface area contributed by atoms with E-state index in [2.05, 4.69) is 17.3 Å². The number of hydrogen-bond donors (Lipinski definition) is 2. The van der Waals surface area contributed by atoms with E-state index in [1.807, 2.05) is 0 Å². The molecule has 2 aliphatic rings. The van der Waals surface area contributed by atoms with Crippen LogP contribution in [0.2, 0.25) is 0 Å². The predicted octanol–water partition coefficient (Wildman–Crippen LogP) is 0.796. The van der Waals surface area contributed by atoms with Crippen LogP contribution in [-0.4, -0.2) is 43.2 Å². The van der Waals surface area contributed by atoms with Crippen LogP contribution < -0.4 is 11.1 Å². The molecule has 3 N–H and O–H groups in total. The van der Waals surface area contributed by atoms with E-state index in [9.17, 15) is 0 Å². The zero-order valence-corrected chi connectivity index (χ0v) is 8.50. The highest BCUT2D eigenvalue weighted by Gasteiger charge is 2.57. The molecule has 0 aliphatic carbocycles. The van der Waals surface area contributed by atoms with Crippen LogP contribution in [0.1, 0.15) is 33.1 Å². The summed E-state index contributed by atoms with van der Waals surface area (Å²) in [6.07, 6.45) is 5.22. The summed E-state index contributed by atoms with van der Waals surface area (Å²) in [5.41, 5.74) is 5.46. The van der Waals surface area contributed by atoms with E-state index in [1.165, 1.54) is 32.2 Å². The number of rotatable bonds is 6. The molecule has 0 aromatic carbocycles. The van der Waals surface area contributed by atoms with Crippen LogP contribution >= 0.6 is 0 Å². The molecular formula is C11H25N3. The van der Waals surface area contributed by atoms with E-state index in [1.54, 1.807) is 0 Å². The number of hydrogen-bond acceptors (Lipinski definition) is 3. The van der Waals surface area contributed by atoms with Crippen molar-refractivity contribution >= 4 is 0 Å². The van der Waals surface area contributed by atoms with Gasteiger partial charge in [-0.15, -0.1) is 0 Å². The summed E-state index contributed by atoms with van der Waals surface area (Å²) in [5.74, 6) is 0. The number of likely N-dealkylation sites (N-methyl/N-ethyl adjacent to an activating group) is 1. The van der Waals surface area contributed by atoms with E-state index in [0.29, 0.717) is 0 Å². The maximum absolute atomic E-state index is 5.46. The fraction of sp³-hybridized carbons (Fsp3) is 1.00. The molecule has 0 saturated carbocycles. The van der Waals surface area contributed by atoms with Gasteiger partial charge in [0.05, 0.1) is 0 Å². The first-order valence-corrected chi connectivity index (χ1v) is 5.51. The summed E-state index contributed by atoms with van der Waals surface area (Å²) in [6, 6.07) is 2.52. The molecule has 14 heavy (non-hydrogen) atoms. The molecule has 0 spiro atoms. The molecule has 2 saturated heterocycles. The summed E-state index contributed by atoms with van der Waals surface area (Å²) in [4.78, 5) is 2.60. The van der Waals surface area contributed by atoms with Crippen molar-refractivity contribution in [1.29, 1.82) is 0 Å². The number of nitrogens with one attached hydrogen (secondary N) is 1. The molecular weight excluding hydrogens is 174 g/mol. The van der Waals surface area contributed by atoms with Gasteiger partial charge in [0.2, 0.25) is 0 Å². The van der Waals surface area contributed by atoms with Crippen molar-refractivity contribution in [3.63, 3.8) is 0 Å². The number of nitrogens with two attached hydrogens (primary N) is 1. The van der Waals surface area contributed by atoms with Gasteiger partial charge < -0.3 is 11.1 Å². The average Bonchev–Trinajstić information content (AvgIpc) is 2.81. The molecule has 4 atom stereocenters. The molecule has 2 aliphatic heterocycles. The van der Waals surface area contributed by atoms with Crippen LogP contribution in [0, 0.1) is 0 Å². The maximum Gasteiger partial charge on any atom is 0.0396 e. The highest BCUT2D eigenvalue weighted by molar-refractivity contribution is 5.16. The van der Waals surface area contributed by atoms with Crippen LogP contribution in [0.15, 0.2) is 0 Å². The van der Waals surface area contributed by atoms with Crippen LogP contribution in [-0.2, 0) is 0 Å². The Hall–Kier alpha value is -0.120. The fourth-order valence-electron chi connectivity index (χ4n) is 2.64. The molecule has 3 heteroatoms. The third kappa shape index (κ3) is 2.10. The van der Waals surface area contributed by atoms with E-state index in [-0.39, 0.29) is 7.43 Å². The Labute approximate surface area is 88.0 Å². The third-order valence-electron chi connectivity index (χ3n) is 3.48. The summed E-state index contributed by atoms with van der Waals surface area (Å²) < 4.78 is 0. The van der Waals surface area contributed by atoms with Gasteiger partial charge in [0.25, 0.3) is 0 Å². The lowest BCUT2D eigenvalue weighted by molar-refractivity contribution is 0.167. The van der Waals surface area contributed by atoms with E-state index in [4.69, 9.17) is 5.73 Å². The van der Waals surface area contributed by atoms with E-state index < -0.39 is 0 Å². The van der Waals surface area contributed by atoms with Gasteiger partial charge in [-0.3, -0.25) is 4.90 Å². The Morgan fingerprint density at radius 3 is 2.79 bits per heavy atom. The van der Waals surface area contributed by atoms with Gasteiger partial charge >= 0.3 is 0 Å². The van der Waals surface area contributed by atoms with Crippen molar-refractivity contribution in [2.24, 2.45) is 5.73 Å². The summed E-state index contributed by atoms with van der Waals surface area (Å²) in [6.45, 7) is 2.19. The lowest BCUT2D eigenvalue weighted by Gasteiger charge is -2.37. The minimum absolute atomic E-state index is 0. The Kier molecular flexibility index (Phi) is 4.35. The van der Waals surface area contributed by atoms with Gasteiger partial charge in [0.1, 0.15) is 0 Å². The van der Waals surface area contributed by atoms with Crippen molar-refractivity contribution in [2.45, 2.75) is 51.2 Å². The molecule has 3 nitrogen and oxygen atoms in total. The molecule has 0 bridgehead atoms. The van der Waals surface area contributed by atoms with Gasteiger partial charge in [0.15, 0.2) is 0 Å². The largest absolute Gasteiger partial charge is 0.330 e.